The van der Waals surface area contributed by atoms with Crippen molar-refractivity contribution in [1.29, 1.82) is 0 Å². The van der Waals surface area contributed by atoms with Crippen LogP contribution < -0.4 is 5.32 Å². The average molecular weight is 389 g/mol. The lowest BCUT2D eigenvalue weighted by atomic mass is 9.77. The second kappa shape index (κ2) is 6.81. The predicted molar refractivity (Wildman–Crippen MR) is 106 cm³/mol. The van der Waals surface area contributed by atoms with Gasteiger partial charge in [-0.2, -0.15) is 0 Å². The van der Waals surface area contributed by atoms with Crippen molar-refractivity contribution in [3.63, 3.8) is 0 Å². The van der Waals surface area contributed by atoms with Crippen molar-refractivity contribution in [2.45, 2.75) is 31.7 Å². The summed E-state index contributed by atoms with van der Waals surface area (Å²) >= 11 is 0. The Balaban J connectivity index is 1.32. The topological polar surface area (TPSA) is 71.5 Å². The zero-order chi connectivity index (χ0) is 20.0. The van der Waals surface area contributed by atoms with Crippen molar-refractivity contribution in [1.82, 2.24) is 15.2 Å². The lowest BCUT2D eigenvalue weighted by molar-refractivity contribution is -0.137. The Morgan fingerprint density at radius 3 is 2.86 bits per heavy atom. The van der Waals surface area contributed by atoms with Gasteiger partial charge >= 0.3 is 0 Å². The number of carbonyl (C=O) groups is 2. The van der Waals surface area contributed by atoms with E-state index in [-0.39, 0.29) is 17.9 Å². The highest BCUT2D eigenvalue weighted by Crippen LogP contribution is 2.52. The molecule has 3 aliphatic heterocycles. The van der Waals surface area contributed by atoms with Crippen LogP contribution in [-0.2, 0) is 27.4 Å². The molecule has 1 aromatic carbocycles. The van der Waals surface area contributed by atoms with E-state index in [2.05, 4.69) is 10.3 Å². The van der Waals surface area contributed by atoms with Gasteiger partial charge in [-0.1, -0.05) is 48.0 Å². The summed E-state index contributed by atoms with van der Waals surface area (Å²) in [7, 11) is 0. The third kappa shape index (κ3) is 3.04. The molecule has 0 saturated carbocycles. The summed E-state index contributed by atoms with van der Waals surface area (Å²) in [5, 5.41) is 2.96. The van der Waals surface area contributed by atoms with Crippen molar-refractivity contribution in [2.75, 3.05) is 6.54 Å². The van der Waals surface area contributed by atoms with E-state index in [1.54, 1.807) is 12.4 Å². The van der Waals surface area contributed by atoms with Crippen LogP contribution in [-0.4, -0.2) is 39.9 Å². The maximum absolute atomic E-state index is 13.3. The molecule has 0 radical (unpaired) electrons. The van der Waals surface area contributed by atoms with E-state index in [4.69, 9.17) is 4.74 Å². The number of ether oxygens (including phenoxy) is 1. The highest BCUT2D eigenvalue weighted by atomic mass is 16.5. The van der Waals surface area contributed by atoms with Gasteiger partial charge in [-0.25, -0.2) is 0 Å². The van der Waals surface area contributed by atoms with E-state index in [9.17, 15) is 9.59 Å². The van der Waals surface area contributed by atoms with E-state index in [1.807, 2.05) is 60.4 Å². The predicted octanol–water partition coefficient (Wildman–Crippen LogP) is 1.99. The molecule has 2 bridgehead atoms. The molecule has 6 nitrogen and oxygen atoms in total. The van der Waals surface area contributed by atoms with Crippen LogP contribution in [0.1, 0.15) is 16.7 Å². The molecule has 1 N–H and O–H groups in total. The van der Waals surface area contributed by atoms with Crippen LogP contribution in [0.25, 0.3) is 0 Å². The number of pyridine rings is 1. The summed E-state index contributed by atoms with van der Waals surface area (Å²) in [6.45, 7) is 3.45. The molecule has 2 fully saturated rings. The highest BCUT2D eigenvalue weighted by molar-refractivity contribution is 5.93. The number of hydrogen-bond donors (Lipinski definition) is 1. The fourth-order valence-corrected chi connectivity index (χ4v) is 4.74. The van der Waals surface area contributed by atoms with E-state index in [0.717, 1.165) is 11.1 Å². The summed E-state index contributed by atoms with van der Waals surface area (Å²) in [5.74, 6) is -1.09. The van der Waals surface area contributed by atoms with Gasteiger partial charge in [-0.15, -0.1) is 0 Å². The number of hydrogen-bond acceptors (Lipinski definition) is 4. The molecule has 6 heteroatoms. The first kappa shape index (κ1) is 18.1. The molecule has 5 rings (SSSR count). The largest absolute Gasteiger partial charge is 0.360 e. The molecule has 4 atom stereocenters. The third-order valence-electron chi connectivity index (χ3n) is 6.17. The van der Waals surface area contributed by atoms with E-state index in [0.29, 0.717) is 19.6 Å². The van der Waals surface area contributed by atoms with E-state index in [1.165, 1.54) is 5.56 Å². The fourth-order valence-electron chi connectivity index (χ4n) is 4.74. The number of aromatic nitrogens is 1. The van der Waals surface area contributed by atoms with Crippen LogP contribution in [0.3, 0.4) is 0 Å². The fraction of sp³-hybridized carbons (Fsp3) is 0.348. The number of rotatable bonds is 5. The standard InChI is InChI=1S/C23H23N3O3/c1-15-4-6-16(7-5-15)13-26-14-23-9-8-18(29-23)19(20(23)22(26)28)21(27)25-12-17-3-2-10-24-11-17/h2-11,18-20H,12-14H2,1H3,(H,25,27). The normalized spacial score (nSPS) is 29.3. The van der Waals surface area contributed by atoms with Gasteiger partial charge in [0.15, 0.2) is 0 Å². The highest BCUT2D eigenvalue weighted by Gasteiger charge is 2.66. The smallest absolute Gasteiger partial charge is 0.230 e. The van der Waals surface area contributed by atoms with Crippen LogP contribution in [0, 0.1) is 18.8 Å². The third-order valence-corrected chi connectivity index (χ3v) is 6.17. The Bertz CT molecular complexity index is 973. The minimum absolute atomic E-state index is 0.000970. The molecule has 2 amide bonds. The minimum atomic E-state index is -0.678. The molecule has 1 aromatic heterocycles. The van der Waals surface area contributed by atoms with Crippen LogP contribution in [0.15, 0.2) is 60.9 Å². The van der Waals surface area contributed by atoms with Crippen molar-refractivity contribution in [2.24, 2.45) is 11.8 Å². The Morgan fingerprint density at radius 2 is 2.10 bits per heavy atom. The lowest BCUT2D eigenvalue weighted by Gasteiger charge is -2.23. The Labute approximate surface area is 169 Å². The molecular weight excluding hydrogens is 366 g/mol. The molecule has 3 aliphatic rings. The number of likely N-dealkylation sites (tertiary alicyclic amines) is 1. The summed E-state index contributed by atoms with van der Waals surface area (Å²) < 4.78 is 6.18. The number of benzene rings is 1. The molecular formula is C23H23N3O3. The zero-order valence-electron chi connectivity index (χ0n) is 16.2. The SMILES string of the molecule is Cc1ccc(CN2CC34C=CC(O3)C(C(=O)NCc3cccnc3)C4C2=O)cc1. The van der Waals surface area contributed by atoms with Crippen molar-refractivity contribution in [3.05, 3.63) is 77.6 Å². The first-order valence-electron chi connectivity index (χ1n) is 9.94. The maximum Gasteiger partial charge on any atom is 0.230 e. The number of fused-ring (bicyclic) bond motifs is 1. The average Bonchev–Trinajstić information content (AvgIpc) is 3.37. The van der Waals surface area contributed by atoms with Gasteiger partial charge in [0.25, 0.3) is 0 Å². The van der Waals surface area contributed by atoms with Crippen LogP contribution in [0.5, 0.6) is 0 Å². The number of nitrogens with one attached hydrogen (secondary N) is 1. The number of carbonyl (C=O) groups excluding carboxylic acids is 2. The summed E-state index contributed by atoms with van der Waals surface area (Å²) in [5.41, 5.74) is 2.51. The van der Waals surface area contributed by atoms with Crippen molar-refractivity contribution >= 4 is 11.8 Å². The van der Waals surface area contributed by atoms with Gasteiger partial charge in [-0.05, 0) is 24.1 Å². The van der Waals surface area contributed by atoms with E-state index >= 15 is 0 Å². The number of nitrogens with zero attached hydrogens (tertiary/aromatic N) is 2. The maximum atomic E-state index is 13.3. The monoisotopic (exact) mass is 389 g/mol. The van der Waals surface area contributed by atoms with Gasteiger partial charge in [0, 0.05) is 25.5 Å². The van der Waals surface area contributed by atoms with Gasteiger partial charge in [0.05, 0.1) is 24.5 Å². The molecule has 4 heterocycles. The lowest BCUT2D eigenvalue weighted by Crippen LogP contribution is -2.43. The Kier molecular flexibility index (Phi) is 4.24. The molecule has 148 valence electrons. The quantitative estimate of drug-likeness (QED) is 0.794. The first-order valence-corrected chi connectivity index (χ1v) is 9.94. The summed E-state index contributed by atoms with van der Waals surface area (Å²) in [6, 6.07) is 11.9. The van der Waals surface area contributed by atoms with Gasteiger partial charge in [0.1, 0.15) is 5.60 Å². The van der Waals surface area contributed by atoms with Crippen LogP contribution in [0.4, 0.5) is 0 Å². The molecule has 29 heavy (non-hydrogen) atoms. The molecule has 2 saturated heterocycles. The summed E-state index contributed by atoms with van der Waals surface area (Å²) in [4.78, 5) is 32.1. The number of aryl methyl sites for hydroxylation is 1. The number of amides is 2. The van der Waals surface area contributed by atoms with Crippen LogP contribution >= 0.6 is 0 Å². The van der Waals surface area contributed by atoms with Crippen LogP contribution in [0.2, 0.25) is 0 Å². The molecule has 4 unspecified atom stereocenters. The molecule has 2 aromatic rings. The summed E-state index contributed by atoms with van der Waals surface area (Å²) in [6.07, 6.45) is 7.01. The second-order valence-electron chi connectivity index (χ2n) is 8.16. The van der Waals surface area contributed by atoms with E-state index < -0.39 is 17.4 Å². The molecule has 1 spiro atoms. The van der Waals surface area contributed by atoms with Gasteiger partial charge in [-0.3, -0.25) is 14.6 Å². The Hall–Kier alpha value is -2.99. The Morgan fingerprint density at radius 1 is 1.28 bits per heavy atom. The first-order chi connectivity index (χ1) is 14.1. The van der Waals surface area contributed by atoms with Crippen molar-refractivity contribution < 1.29 is 14.3 Å². The van der Waals surface area contributed by atoms with Crippen molar-refractivity contribution in [3.8, 4) is 0 Å². The van der Waals surface area contributed by atoms with Gasteiger partial charge in [0.2, 0.25) is 11.8 Å². The molecule has 0 aliphatic carbocycles. The minimum Gasteiger partial charge on any atom is -0.360 e. The van der Waals surface area contributed by atoms with Gasteiger partial charge < -0.3 is 15.0 Å². The zero-order valence-corrected chi connectivity index (χ0v) is 16.2. The second-order valence-corrected chi connectivity index (χ2v) is 8.16.